The van der Waals surface area contributed by atoms with E-state index in [1.807, 2.05) is 14.1 Å². The molecule has 0 saturated carbocycles. The summed E-state index contributed by atoms with van der Waals surface area (Å²) in [4.78, 5) is 13.0. The molecular formula is C13H19NO4. The fraction of sp³-hybridized carbons (Fsp3) is 0.462. The Labute approximate surface area is 107 Å². The standard InChI is InChI=1S/C13H19NO4/c1-14(2)10(8-15)13-11(17-4)6-9(16-3)7-12(13)18-5/h6-8,10H,1-5H3. The van der Waals surface area contributed by atoms with Gasteiger partial charge in [0, 0.05) is 12.1 Å². The van der Waals surface area contributed by atoms with Crippen molar-refractivity contribution in [3.05, 3.63) is 17.7 Å². The van der Waals surface area contributed by atoms with Gasteiger partial charge >= 0.3 is 0 Å². The number of ether oxygens (including phenoxy) is 3. The lowest BCUT2D eigenvalue weighted by atomic mass is 10.0. The zero-order chi connectivity index (χ0) is 13.7. The fourth-order valence-corrected chi connectivity index (χ4v) is 1.77. The maximum absolute atomic E-state index is 11.3. The number of carbonyl (C=O) groups excluding carboxylic acids is 1. The van der Waals surface area contributed by atoms with Gasteiger partial charge in [-0.25, -0.2) is 0 Å². The molecule has 0 aliphatic heterocycles. The largest absolute Gasteiger partial charge is 0.496 e. The van der Waals surface area contributed by atoms with Gasteiger partial charge in [-0.3, -0.25) is 4.90 Å². The third kappa shape index (κ3) is 2.73. The van der Waals surface area contributed by atoms with Crippen LogP contribution in [-0.2, 0) is 4.79 Å². The van der Waals surface area contributed by atoms with E-state index >= 15 is 0 Å². The summed E-state index contributed by atoms with van der Waals surface area (Å²) >= 11 is 0. The van der Waals surface area contributed by atoms with Gasteiger partial charge in [0.1, 0.15) is 23.5 Å². The minimum Gasteiger partial charge on any atom is -0.496 e. The van der Waals surface area contributed by atoms with E-state index in [-0.39, 0.29) is 0 Å². The van der Waals surface area contributed by atoms with E-state index in [9.17, 15) is 4.79 Å². The highest BCUT2D eigenvalue weighted by molar-refractivity contribution is 5.68. The van der Waals surface area contributed by atoms with Crippen LogP contribution in [0.25, 0.3) is 0 Å². The summed E-state index contributed by atoms with van der Waals surface area (Å²) in [5, 5.41) is 0. The first kappa shape index (κ1) is 14.3. The van der Waals surface area contributed by atoms with Crippen LogP contribution in [0.2, 0.25) is 0 Å². The molecule has 5 heteroatoms. The number of hydrogen-bond donors (Lipinski definition) is 0. The van der Waals surface area contributed by atoms with Gasteiger partial charge in [0.05, 0.1) is 32.9 Å². The Morgan fingerprint density at radius 2 is 1.56 bits per heavy atom. The van der Waals surface area contributed by atoms with Crippen molar-refractivity contribution >= 4 is 6.29 Å². The summed E-state index contributed by atoms with van der Waals surface area (Å²) in [6, 6.07) is 3.04. The highest BCUT2D eigenvalue weighted by atomic mass is 16.5. The van der Waals surface area contributed by atoms with Crippen molar-refractivity contribution in [3.63, 3.8) is 0 Å². The van der Waals surface area contributed by atoms with Crippen molar-refractivity contribution in [2.45, 2.75) is 6.04 Å². The molecule has 0 heterocycles. The molecule has 0 N–H and O–H groups in total. The third-order valence-electron chi connectivity index (χ3n) is 2.73. The lowest BCUT2D eigenvalue weighted by Gasteiger charge is -2.23. The van der Waals surface area contributed by atoms with Crippen LogP contribution in [0.15, 0.2) is 12.1 Å². The van der Waals surface area contributed by atoms with Gasteiger partial charge in [0.25, 0.3) is 0 Å². The monoisotopic (exact) mass is 253 g/mol. The van der Waals surface area contributed by atoms with Crippen LogP contribution in [0.3, 0.4) is 0 Å². The molecule has 0 aliphatic carbocycles. The molecule has 5 nitrogen and oxygen atoms in total. The van der Waals surface area contributed by atoms with E-state index in [1.165, 1.54) is 0 Å². The quantitative estimate of drug-likeness (QED) is 0.719. The summed E-state index contributed by atoms with van der Waals surface area (Å²) in [5.74, 6) is 1.75. The third-order valence-corrected chi connectivity index (χ3v) is 2.73. The molecule has 1 aromatic carbocycles. The molecule has 1 unspecified atom stereocenters. The van der Waals surface area contributed by atoms with E-state index in [0.29, 0.717) is 22.8 Å². The number of benzene rings is 1. The number of likely N-dealkylation sites (N-methyl/N-ethyl adjacent to an activating group) is 1. The van der Waals surface area contributed by atoms with Gasteiger partial charge in [-0.1, -0.05) is 0 Å². The normalized spacial score (nSPS) is 12.1. The first-order valence-corrected chi connectivity index (χ1v) is 5.50. The number of hydrogen-bond acceptors (Lipinski definition) is 5. The summed E-state index contributed by atoms with van der Waals surface area (Å²) in [6.07, 6.45) is 0.854. The Bertz CT molecular complexity index is 392. The highest BCUT2D eigenvalue weighted by Gasteiger charge is 2.23. The van der Waals surface area contributed by atoms with Gasteiger partial charge in [0.2, 0.25) is 0 Å². The second-order valence-electron chi connectivity index (χ2n) is 3.99. The van der Waals surface area contributed by atoms with Crippen molar-refractivity contribution in [2.75, 3.05) is 35.4 Å². The summed E-state index contributed by atoms with van der Waals surface area (Å²) in [6.45, 7) is 0. The van der Waals surface area contributed by atoms with Crippen molar-refractivity contribution in [1.29, 1.82) is 0 Å². The number of methoxy groups -OCH3 is 3. The molecule has 0 fully saturated rings. The Kier molecular flexibility index (Phi) is 4.97. The molecule has 0 saturated heterocycles. The SMILES string of the molecule is COc1cc(OC)c(C(C=O)N(C)C)c(OC)c1. The molecule has 1 aromatic rings. The first-order chi connectivity index (χ1) is 8.58. The Morgan fingerprint density at radius 1 is 1.06 bits per heavy atom. The molecule has 100 valence electrons. The van der Waals surface area contributed by atoms with Crippen molar-refractivity contribution < 1.29 is 19.0 Å². The zero-order valence-corrected chi connectivity index (χ0v) is 11.4. The summed E-state index contributed by atoms with van der Waals surface area (Å²) in [5.41, 5.74) is 0.695. The molecule has 0 aliphatic rings. The van der Waals surface area contributed by atoms with E-state index in [0.717, 1.165) is 6.29 Å². The average Bonchev–Trinajstić information content (AvgIpc) is 2.38. The number of rotatable bonds is 6. The van der Waals surface area contributed by atoms with Crippen molar-refractivity contribution in [2.24, 2.45) is 0 Å². The maximum Gasteiger partial charge on any atom is 0.141 e. The van der Waals surface area contributed by atoms with Gasteiger partial charge in [0.15, 0.2) is 0 Å². The molecule has 0 amide bonds. The number of nitrogens with zero attached hydrogens (tertiary/aromatic N) is 1. The Hall–Kier alpha value is -1.75. The Morgan fingerprint density at radius 3 is 1.83 bits per heavy atom. The van der Waals surface area contributed by atoms with Crippen LogP contribution >= 0.6 is 0 Å². The lowest BCUT2D eigenvalue weighted by molar-refractivity contribution is -0.111. The fourth-order valence-electron chi connectivity index (χ4n) is 1.77. The molecular weight excluding hydrogens is 234 g/mol. The van der Waals surface area contributed by atoms with Gasteiger partial charge in [-0.15, -0.1) is 0 Å². The zero-order valence-electron chi connectivity index (χ0n) is 11.4. The predicted molar refractivity (Wildman–Crippen MR) is 68.6 cm³/mol. The van der Waals surface area contributed by atoms with Gasteiger partial charge in [-0.05, 0) is 14.1 Å². The topological polar surface area (TPSA) is 48.0 Å². The Balaban J connectivity index is 3.43. The molecule has 0 bridgehead atoms. The van der Waals surface area contributed by atoms with Gasteiger partial charge < -0.3 is 19.0 Å². The smallest absolute Gasteiger partial charge is 0.141 e. The van der Waals surface area contributed by atoms with Crippen LogP contribution in [0.4, 0.5) is 0 Å². The maximum atomic E-state index is 11.3. The van der Waals surface area contributed by atoms with E-state index < -0.39 is 6.04 Å². The second kappa shape index (κ2) is 6.26. The van der Waals surface area contributed by atoms with E-state index in [2.05, 4.69) is 0 Å². The van der Waals surface area contributed by atoms with Crippen LogP contribution in [0, 0.1) is 0 Å². The first-order valence-electron chi connectivity index (χ1n) is 5.50. The number of carbonyl (C=O) groups is 1. The summed E-state index contributed by atoms with van der Waals surface area (Å²) in [7, 11) is 8.31. The minimum absolute atomic E-state index is 0.430. The second-order valence-corrected chi connectivity index (χ2v) is 3.99. The van der Waals surface area contributed by atoms with Gasteiger partial charge in [-0.2, -0.15) is 0 Å². The lowest BCUT2D eigenvalue weighted by Crippen LogP contribution is -2.22. The van der Waals surface area contributed by atoms with E-state index in [4.69, 9.17) is 14.2 Å². The average molecular weight is 253 g/mol. The van der Waals surface area contributed by atoms with Crippen LogP contribution in [0.5, 0.6) is 17.2 Å². The van der Waals surface area contributed by atoms with Crippen molar-refractivity contribution in [1.82, 2.24) is 4.90 Å². The van der Waals surface area contributed by atoms with Crippen molar-refractivity contribution in [3.8, 4) is 17.2 Å². The minimum atomic E-state index is -0.430. The molecule has 1 rings (SSSR count). The highest BCUT2D eigenvalue weighted by Crippen LogP contribution is 2.39. The molecule has 1 atom stereocenters. The molecule has 0 aromatic heterocycles. The van der Waals surface area contributed by atoms with Crippen LogP contribution in [-0.4, -0.2) is 46.6 Å². The van der Waals surface area contributed by atoms with Crippen LogP contribution in [0.1, 0.15) is 11.6 Å². The predicted octanol–water partition coefficient (Wildman–Crippen LogP) is 1.51. The number of aldehydes is 1. The van der Waals surface area contributed by atoms with E-state index in [1.54, 1.807) is 38.4 Å². The molecule has 0 spiro atoms. The molecule has 0 radical (unpaired) electrons. The van der Waals surface area contributed by atoms with Crippen LogP contribution < -0.4 is 14.2 Å². The summed E-state index contributed by atoms with van der Waals surface area (Å²) < 4.78 is 15.8. The molecule has 18 heavy (non-hydrogen) atoms.